The molecule has 0 bridgehead atoms. The zero-order chi connectivity index (χ0) is 18.8. The van der Waals surface area contributed by atoms with E-state index in [-0.39, 0.29) is 5.56 Å². The molecule has 4 heteroatoms. The van der Waals surface area contributed by atoms with Crippen LogP contribution in [0.3, 0.4) is 0 Å². The largest absolute Gasteiger partial charge is 0.326 e. The molecular formula is C23H21N3O. The fraction of sp³-hybridized carbons (Fsp3) is 0.130. The summed E-state index contributed by atoms with van der Waals surface area (Å²) in [4.78, 5) is 18.7. The van der Waals surface area contributed by atoms with Crippen molar-refractivity contribution < 1.29 is 0 Å². The lowest BCUT2D eigenvalue weighted by Gasteiger charge is -2.11. The summed E-state index contributed by atoms with van der Waals surface area (Å²) < 4.78 is 0. The summed E-state index contributed by atoms with van der Waals surface area (Å²) in [5.41, 5.74) is 4.93. The molecule has 2 aromatic carbocycles. The highest BCUT2D eigenvalue weighted by atomic mass is 16.1. The number of nitrogens with one attached hydrogen (secondary N) is 2. The maximum absolute atomic E-state index is 11.4. The second-order valence-corrected chi connectivity index (χ2v) is 6.69. The minimum Gasteiger partial charge on any atom is -0.326 e. The van der Waals surface area contributed by atoms with Crippen molar-refractivity contribution in [2.24, 2.45) is 0 Å². The molecule has 27 heavy (non-hydrogen) atoms. The second-order valence-electron chi connectivity index (χ2n) is 6.69. The van der Waals surface area contributed by atoms with Crippen LogP contribution < -0.4 is 10.9 Å². The lowest BCUT2D eigenvalue weighted by Crippen LogP contribution is -2.06. The van der Waals surface area contributed by atoms with E-state index < -0.39 is 0 Å². The Balaban J connectivity index is 1.69. The quantitative estimate of drug-likeness (QED) is 0.529. The Hall–Kier alpha value is -3.40. The molecule has 2 heterocycles. The summed E-state index contributed by atoms with van der Waals surface area (Å²) in [7, 11) is 0. The van der Waals surface area contributed by atoms with Crippen molar-refractivity contribution in [3.8, 4) is 11.1 Å². The van der Waals surface area contributed by atoms with Gasteiger partial charge in [-0.05, 0) is 59.2 Å². The van der Waals surface area contributed by atoms with Crippen LogP contribution in [0.25, 0.3) is 21.9 Å². The fourth-order valence-corrected chi connectivity index (χ4v) is 3.24. The first kappa shape index (κ1) is 17.0. The van der Waals surface area contributed by atoms with Crippen molar-refractivity contribution in [2.75, 3.05) is 5.32 Å². The van der Waals surface area contributed by atoms with Gasteiger partial charge in [0.15, 0.2) is 0 Å². The Morgan fingerprint density at radius 2 is 1.89 bits per heavy atom. The minimum absolute atomic E-state index is 0.143. The predicted molar refractivity (Wildman–Crippen MR) is 112 cm³/mol. The van der Waals surface area contributed by atoms with E-state index in [1.165, 1.54) is 28.3 Å². The smallest absolute Gasteiger partial charge is 0.249 e. The number of pyridine rings is 2. The van der Waals surface area contributed by atoms with Crippen LogP contribution in [0.4, 0.5) is 11.6 Å². The number of nitrogens with zero attached hydrogens (tertiary/aromatic N) is 1. The van der Waals surface area contributed by atoms with E-state index in [1.54, 1.807) is 12.1 Å². The number of aromatic nitrogens is 2. The highest BCUT2D eigenvalue weighted by Crippen LogP contribution is 2.29. The van der Waals surface area contributed by atoms with Gasteiger partial charge in [0, 0.05) is 17.6 Å². The topological polar surface area (TPSA) is 57.8 Å². The van der Waals surface area contributed by atoms with Crippen LogP contribution in [0.2, 0.25) is 0 Å². The molecule has 0 amide bonds. The molecule has 4 rings (SSSR count). The third-order valence-corrected chi connectivity index (χ3v) is 4.77. The standard InChI is InChI=1S/C23H21N3O/c1-3-16-8-7-15(2)20(11-16)18-10-9-17-13-22(24-14-19(17)12-18)25-21-5-4-6-23(27)26-21/h4-14H,3H2,1-2H3,(H2,24,25,26,27). The molecule has 2 N–H and O–H groups in total. The third kappa shape index (κ3) is 3.60. The maximum atomic E-state index is 11.4. The van der Waals surface area contributed by atoms with Gasteiger partial charge in [-0.2, -0.15) is 0 Å². The van der Waals surface area contributed by atoms with Gasteiger partial charge in [0.1, 0.15) is 11.6 Å². The van der Waals surface area contributed by atoms with Gasteiger partial charge in [-0.3, -0.25) is 4.79 Å². The Bertz CT molecular complexity index is 1180. The van der Waals surface area contributed by atoms with Gasteiger partial charge in [0.05, 0.1) is 0 Å². The molecule has 0 fully saturated rings. The number of hydrogen-bond acceptors (Lipinski definition) is 3. The zero-order valence-corrected chi connectivity index (χ0v) is 15.4. The number of H-pyrrole nitrogens is 1. The SMILES string of the molecule is CCc1ccc(C)c(-c2ccc3cc(Nc4cccc(=O)[nH]4)ncc3c2)c1. The summed E-state index contributed by atoms with van der Waals surface area (Å²) in [6, 6.07) is 20.1. The number of fused-ring (bicyclic) bond motifs is 1. The lowest BCUT2D eigenvalue weighted by atomic mass is 9.96. The first-order chi connectivity index (χ1) is 13.1. The monoisotopic (exact) mass is 355 g/mol. The summed E-state index contributed by atoms with van der Waals surface area (Å²) in [5.74, 6) is 1.32. The van der Waals surface area contributed by atoms with Crippen molar-refractivity contribution >= 4 is 22.4 Å². The number of anilines is 2. The number of hydrogen-bond donors (Lipinski definition) is 2. The molecule has 4 aromatic rings. The zero-order valence-electron chi connectivity index (χ0n) is 15.4. The van der Waals surface area contributed by atoms with Crippen LogP contribution in [-0.4, -0.2) is 9.97 Å². The Morgan fingerprint density at radius 3 is 2.70 bits per heavy atom. The van der Waals surface area contributed by atoms with Crippen molar-refractivity contribution in [1.82, 2.24) is 9.97 Å². The van der Waals surface area contributed by atoms with Crippen LogP contribution in [0.1, 0.15) is 18.1 Å². The van der Waals surface area contributed by atoms with Gasteiger partial charge in [0.25, 0.3) is 0 Å². The minimum atomic E-state index is -0.143. The number of aromatic amines is 1. The molecule has 0 radical (unpaired) electrons. The average molecular weight is 355 g/mol. The Kier molecular flexibility index (Phi) is 4.47. The van der Waals surface area contributed by atoms with Gasteiger partial charge in [-0.1, -0.05) is 43.3 Å². The van der Waals surface area contributed by atoms with Gasteiger partial charge < -0.3 is 10.3 Å². The van der Waals surface area contributed by atoms with Crippen molar-refractivity contribution in [3.05, 3.63) is 88.3 Å². The number of rotatable bonds is 4. The second kappa shape index (κ2) is 7.08. The number of aryl methyl sites for hydroxylation is 2. The number of benzene rings is 2. The molecule has 0 aliphatic rings. The van der Waals surface area contributed by atoms with Crippen molar-refractivity contribution in [1.29, 1.82) is 0 Å². The third-order valence-electron chi connectivity index (χ3n) is 4.77. The van der Waals surface area contributed by atoms with Crippen molar-refractivity contribution in [3.63, 3.8) is 0 Å². The van der Waals surface area contributed by atoms with Gasteiger partial charge in [-0.15, -0.1) is 0 Å². The van der Waals surface area contributed by atoms with E-state index in [1.807, 2.05) is 12.3 Å². The van der Waals surface area contributed by atoms with Crippen LogP contribution in [-0.2, 0) is 6.42 Å². The van der Waals surface area contributed by atoms with E-state index in [0.29, 0.717) is 11.6 Å². The maximum Gasteiger partial charge on any atom is 0.249 e. The van der Waals surface area contributed by atoms with Gasteiger partial charge >= 0.3 is 0 Å². The van der Waals surface area contributed by atoms with Crippen molar-refractivity contribution in [2.45, 2.75) is 20.3 Å². The lowest BCUT2D eigenvalue weighted by molar-refractivity contribution is 1.14. The van der Waals surface area contributed by atoms with E-state index >= 15 is 0 Å². The first-order valence-corrected chi connectivity index (χ1v) is 9.08. The normalized spacial score (nSPS) is 10.9. The van der Waals surface area contributed by atoms with E-state index in [9.17, 15) is 4.79 Å². The van der Waals surface area contributed by atoms with Crippen LogP contribution in [0.15, 0.2) is 71.7 Å². The Labute approximate surface area is 157 Å². The molecule has 2 aromatic heterocycles. The predicted octanol–water partition coefficient (Wildman–Crippen LogP) is 5.20. The van der Waals surface area contributed by atoms with E-state index in [4.69, 9.17) is 0 Å². The average Bonchev–Trinajstić information content (AvgIpc) is 2.68. The summed E-state index contributed by atoms with van der Waals surface area (Å²) in [5, 5.41) is 5.32. The fourth-order valence-electron chi connectivity index (χ4n) is 3.24. The van der Waals surface area contributed by atoms with Gasteiger partial charge in [0.2, 0.25) is 5.56 Å². The summed E-state index contributed by atoms with van der Waals surface area (Å²) in [6.07, 6.45) is 2.89. The molecule has 0 saturated heterocycles. The van der Waals surface area contributed by atoms with E-state index in [0.717, 1.165) is 17.2 Å². The molecule has 0 atom stereocenters. The molecule has 0 aliphatic heterocycles. The van der Waals surface area contributed by atoms with Crippen LogP contribution in [0.5, 0.6) is 0 Å². The van der Waals surface area contributed by atoms with E-state index in [2.05, 4.69) is 65.5 Å². The summed E-state index contributed by atoms with van der Waals surface area (Å²) in [6.45, 7) is 4.32. The first-order valence-electron chi connectivity index (χ1n) is 9.08. The molecule has 134 valence electrons. The van der Waals surface area contributed by atoms with Crippen LogP contribution in [0, 0.1) is 6.92 Å². The molecule has 0 saturated carbocycles. The Morgan fingerprint density at radius 1 is 1.00 bits per heavy atom. The molecule has 0 aliphatic carbocycles. The van der Waals surface area contributed by atoms with Crippen LogP contribution >= 0.6 is 0 Å². The highest BCUT2D eigenvalue weighted by Gasteiger charge is 2.06. The molecule has 4 nitrogen and oxygen atoms in total. The highest BCUT2D eigenvalue weighted by molar-refractivity contribution is 5.89. The molecular weight excluding hydrogens is 334 g/mol. The molecule has 0 unspecified atom stereocenters. The summed E-state index contributed by atoms with van der Waals surface area (Å²) >= 11 is 0. The molecule has 0 spiro atoms. The van der Waals surface area contributed by atoms with Gasteiger partial charge in [-0.25, -0.2) is 4.98 Å².